The monoisotopic (exact) mass is 192 g/mol. The number of benzene rings is 1. The molecular weight excluding hydrogens is 180 g/mol. The van der Waals surface area contributed by atoms with Gasteiger partial charge in [-0.2, -0.15) is 0 Å². The Labute approximate surface area is 81.9 Å². The quantitative estimate of drug-likeness (QED) is 0.808. The van der Waals surface area contributed by atoms with Crippen LogP contribution in [0, 0.1) is 0 Å². The highest BCUT2D eigenvalue weighted by Gasteiger charge is 2.06. The highest BCUT2D eigenvalue weighted by atomic mass is 16.5. The van der Waals surface area contributed by atoms with Gasteiger partial charge in [0.15, 0.2) is 11.3 Å². The Morgan fingerprint density at radius 1 is 1.43 bits per heavy atom. The van der Waals surface area contributed by atoms with Crippen molar-refractivity contribution in [3.63, 3.8) is 0 Å². The summed E-state index contributed by atoms with van der Waals surface area (Å²) in [7, 11) is 1.61. The van der Waals surface area contributed by atoms with E-state index in [4.69, 9.17) is 14.3 Å². The topological polar surface area (TPSA) is 42.6 Å². The number of aliphatic hydroxyl groups is 1. The van der Waals surface area contributed by atoms with Crippen LogP contribution in [0.4, 0.5) is 0 Å². The Morgan fingerprint density at radius 3 is 3.00 bits per heavy atom. The molecule has 0 fully saturated rings. The average molecular weight is 192 g/mol. The number of furan rings is 1. The van der Waals surface area contributed by atoms with E-state index in [1.165, 1.54) is 0 Å². The maximum Gasteiger partial charge on any atom is 0.175 e. The lowest BCUT2D eigenvalue weighted by Crippen LogP contribution is -1.92. The van der Waals surface area contributed by atoms with Crippen LogP contribution in [-0.4, -0.2) is 18.8 Å². The molecule has 0 bridgehead atoms. The number of fused-ring (bicyclic) bond motifs is 1. The van der Waals surface area contributed by atoms with Gasteiger partial charge in [-0.3, -0.25) is 0 Å². The van der Waals surface area contributed by atoms with Crippen molar-refractivity contribution in [1.29, 1.82) is 0 Å². The minimum absolute atomic E-state index is 0.145. The molecule has 74 valence electrons. The van der Waals surface area contributed by atoms with Gasteiger partial charge in [0.2, 0.25) is 0 Å². The van der Waals surface area contributed by atoms with E-state index in [-0.39, 0.29) is 6.61 Å². The fourth-order valence-corrected chi connectivity index (χ4v) is 1.53. The lowest BCUT2D eigenvalue weighted by atomic mass is 10.1. The summed E-state index contributed by atoms with van der Waals surface area (Å²) < 4.78 is 10.5. The van der Waals surface area contributed by atoms with Gasteiger partial charge in [0.25, 0.3) is 0 Å². The Balaban J connectivity index is 2.55. The molecule has 1 N–H and O–H groups in total. The number of hydrogen-bond donors (Lipinski definition) is 1. The first-order valence-corrected chi connectivity index (χ1v) is 4.50. The van der Waals surface area contributed by atoms with Gasteiger partial charge in [0.05, 0.1) is 13.4 Å². The van der Waals surface area contributed by atoms with Crippen molar-refractivity contribution >= 4 is 11.0 Å². The molecule has 1 heterocycles. The maximum atomic E-state index is 8.84. The molecule has 0 aliphatic rings. The average Bonchev–Trinajstić information content (AvgIpc) is 2.65. The van der Waals surface area contributed by atoms with Crippen LogP contribution < -0.4 is 4.74 Å². The zero-order valence-corrected chi connectivity index (χ0v) is 7.99. The lowest BCUT2D eigenvalue weighted by Gasteiger charge is -2.04. The second-order valence-electron chi connectivity index (χ2n) is 3.11. The van der Waals surface area contributed by atoms with Crippen LogP contribution in [0.15, 0.2) is 28.9 Å². The van der Waals surface area contributed by atoms with Crippen LogP contribution in [0.2, 0.25) is 0 Å². The number of rotatable bonds is 3. The van der Waals surface area contributed by atoms with Crippen LogP contribution in [0.5, 0.6) is 5.75 Å². The van der Waals surface area contributed by atoms with Crippen LogP contribution in [0.1, 0.15) is 5.56 Å². The molecular formula is C11H12O3. The molecule has 0 unspecified atom stereocenters. The third-order valence-electron chi connectivity index (χ3n) is 2.20. The standard InChI is InChI=1S/C11H12O3/c1-13-10-7-8(2-4-12)6-9-3-5-14-11(9)10/h3,5-7,12H,2,4H2,1H3. The highest BCUT2D eigenvalue weighted by molar-refractivity contribution is 5.83. The molecule has 2 aromatic rings. The van der Waals surface area contributed by atoms with Crippen molar-refractivity contribution in [2.24, 2.45) is 0 Å². The van der Waals surface area contributed by atoms with Gasteiger partial charge >= 0.3 is 0 Å². The predicted octanol–water partition coefficient (Wildman–Crippen LogP) is 1.98. The van der Waals surface area contributed by atoms with Crippen molar-refractivity contribution in [1.82, 2.24) is 0 Å². The molecule has 0 amide bonds. The summed E-state index contributed by atoms with van der Waals surface area (Å²) in [6.07, 6.45) is 2.27. The largest absolute Gasteiger partial charge is 0.493 e. The third kappa shape index (κ3) is 1.46. The van der Waals surface area contributed by atoms with Crippen molar-refractivity contribution in [3.8, 4) is 5.75 Å². The van der Waals surface area contributed by atoms with E-state index < -0.39 is 0 Å². The summed E-state index contributed by atoms with van der Waals surface area (Å²) in [6, 6.07) is 5.78. The van der Waals surface area contributed by atoms with Gasteiger partial charge in [-0.1, -0.05) is 0 Å². The highest BCUT2D eigenvalue weighted by Crippen LogP contribution is 2.28. The summed E-state index contributed by atoms with van der Waals surface area (Å²) in [4.78, 5) is 0. The molecule has 0 saturated heterocycles. The Kier molecular flexibility index (Phi) is 2.41. The fourth-order valence-electron chi connectivity index (χ4n) is 1.53. The van der Waals surface area contributed by atoms with Crippen molar-refractivity contribution in [3.05, 3.63) is 30.0 Å². The molecule has 2 rings (SSSR count). The Bertz CT molecular complexity index is 431. The minimum Gasteiger partial charge on any atom is -0.493 e. The second kappa shape index (κ2) is 3.72. The van der Waals surface area contributed by atoms with Crippen LogP contribution >= 0.6 is 0 Å². The number of aliphatic hydroxyl groups excluding tert-OH is 1. The first kappa shape index (κ1) is 9.09. The van der Waals surface area contributed by atoms with Gasteiger partial charge in [-0.25, -0.2) is 0 Å². The molecule has 0 radical (unpaired) electrons. The smallest absolute Gasteiger partial charge is 0.175 e. The molecule has 14 heavy (non-hydrogen) atoms. The summed E-state index contributed by atoms with van der Waals surface area (Å²) in [5.41, 5.74) is 1.81. The van der Waals surface area contributed by atoms with Crippen molar-refractivity contribution in [2.45, 2.75) is 6.42 Å². The molecule has 0 spiro atoms. The third-order valence-corrected chi connectivity index (χ3v) is 2.20. The van der Waals surface area contributed by atoms with Crippen LogP contribution in [-0.2, 0) is 6.42 Å². The van der Waals surface area contributed by atoms with E-state index in [1.54, 1.807) is 13.4 Å². The number of hydrogen-bond acceptors (Lipinski definition) is 3. The van der Waals surface area contributed by atoms with Gasteiger partial charge in [0, 0.05) is 12.0 Å². The molecule has 3 nitrogen and oxygen atoms in total. The Morgan fingerprint density at radius 2 is 2.29 bits per heavy atom. The van der Waals surface area contributed by atoms with E-state index in [0.29, 0.717) is 6.42 Å². The van der Waals surface area contributed by atoms with E-state index in [0.717, 1.165) is 22.3 Å². The lowest BCUT2D eigenvalue weighted by molar-refractivity contribution is 0.299. The van der Waals surface area contributed by atoms with Gasteiger partial charge in [0.1, 0.15) is 0 Å². The molecule has 0 saturated carbocycles. The van der Waals surface area contributed by atoms with Crippen LogP contribution in [0.25, 0.3) is 11.0 Å². The van der Waals surface area contributed by atoms with E-state index in [2.05, 4.69) is 0 Å². The molecule has 1 aromatic heterocycles. The van der Waals surface area contributed by atoms with Gasteiger partial charge < -0.3 is 14.3 Å². The maximum absolute atomic E-state index is 8.84. The van der Waals surface area contributed by atoms with Crippen LogP contribution in [0.3, 0.4) is 0 Å². The van der Waals surface area contributed by atoms with Gasteiger partial charge in [-0.15, -0.1) is 0 Å². The van der Waals surface area contributed by atoms with Crippen molar-refractivity contribution in [2.75, 3.05) is 13.7 Å². The second-order valence-corrected chi connectivity index (χ2v) is 3.11. The molecule has 0 aliphatic heterocycles. The number of ether oxygens (including phenoxy) is 1. The zero-order valence-electron chi connectivity index (χ0n) is 7.99. The molecule has 1 aromatic carbocycles. The normalized spacial score (nSPS) is 10.7. The molecule has 0 aliphatic carbocycles. The molecule has 3 heteroatoms. The zero-order chi connectivity index (χ0) is 9.97. The first-order chi connectivity index (χ1) is 6.85. The predicted molar refractivity (Wildman–Crippen MR) is 53.6 cm³/mol. The van der Waals surface area contributed by atoms with E-state index in [9.17, 15) is 0 Å². The van der Waals surface area contributed by atoms with Gasteiger partial charge in [-0.05, 0) is 30.2 Å². The summed E-state index contributed by atoms with van der Waals surface area (Å²) >= 11 is 0. The fraction of sp³-hybridized carbons (Fsp3) is 0.273. The summed E-state index contributed by atoms with van der Waals surface area (Å²) in [6.45, 7) is 0.145. The minimum atomic E-state index is 0.145. The van der Waals surface area contributed by atoms with Crippen molar-refractivity contribution < 1.29 is 14.3 Å². The summed E-state index contributed by atoms with van der Waals surface area (Å²) in [5, 5.41) is 9.85. The number of methoxy groups -OCH3 is 1. The Hall–Kier alpha value is -1.48. The SMILES string of the molecule is COc1cc(CCO)cc2ccoc12. The molecule has 0 atom stereocenters. The summed E-state index contributed by atoms with van der Waals surface area (Å²) in [5.74, 6) is 0.718. The first-order valence-electron chi connectivity index (χ1n) is 4.50. The van der Waals surface area contributed by atoms with E-state index >= 15 is 0 Å². The van der Waals surface area contributed by atoms with E-state index in [1.807, 2.05) is 18.2 Å².